The Bertz CT molecular complexity index is 950. The number of carboxylic acids is 1. The van der Waals surface area contributed by atoms with Gasteiger partial charge in [-0.3, -0.25) is 0 Å². The quantitative estimate of drug-likeness (QED) is 0.859. The van der Waals surface area contributed by atoms with Crippen LogP contribution in [-0.2, 0) is 10.2 Å². The molecule has 0 spiro atoms. The number of pyridine rings is 1. The molecule has 1 N–H and O–H groups in total. The third-order valence-corrected chi connectivity index (χ3v) is 6.09. The van der Waals surface area contributed by atoms with Crippen LogP contribution in [0, 0.1) is 11.3 Å². The first-order valence-corrected chi connectivity index (χ1v) is 9.28. The number of fused-ring (bicyclic) bond motifs is 1. The van der Waals surface area contributed by atoms with Crippen molar-refractivity contribution in [1.29, 1.82) is 5.26 Å². The number of nitriles is 1. The van der Waals surface area contributed by atoms with Gasteiger partial charge in [0.2, 0.25) is 0 Å². The highest BCUT2D eigenvalue weighted by Gasteiger charge is 2.50. The van der Waals surface area contributed by atoms with E-state index in [-0.39, 0.29) is 16.3 Å². The number of carbonyl (C=O) groups is 1. The minimum absolute atomic E-state index is 0.0650. The molecule has 1 saturated carbocycles. The second-order valence-corrected chi connectivity index (χ2v) is 8.41. The lowest BCUT2D eigenvalue weighted by Gasteiger charge is -2.35. The fourth-order valence-corrected chi connectivity index (χ4v) is 4.53. The van der Waals surface area contributed by atoms with Crippen LogP contribution in [0.3, 0.4) is 0 Å². The van der Waals surface area contributed by atoms with Crippen LogP contribution in [0.25, 0.3) is 5.52 Å². The maximum absolute atomic E-state index is 11.9. The molecule has 2 aromatic heterocycles. The molecule has 1 aliphatic heterocycles. The van der Waals surface area contributed by atoms with Crippen molar-refractivity contribution in [3.8, 4) is 6.07 Å². The van der Waals surface area contributed by atoms with E-state index >= 15 is 0 Å². The smallest absolute Gasteiger partial charge is 0.339 e. The summed E-state index contributed by atoms with van der Waals surface area (Å²) in [6, 6.07) is 6.27. The van der Waals surface area contributed by atoms with Gasteiger partial charge in [0.15, 0.2) is 0 Å². The lowest BCUT2D eigenvalue weighted by molar-refractivity contribution is -0.0593. The van der Waals surface area contributed by atoms with Crippen molar-refractivity contribution in [3.63, 3.8) is 0 Å². The number of carboxylic acid groups (broad SMARTS) is 1. The molecule has 2 fully saturated rings. The van der Waals surface area contributed by atoms with Crippen molar-refractivity contribution >= 4 is 23.1 Å². The van der Waals surface area contributed by atoms with E-state index in [2.05, 4.69) is 19.9 Å². The van der Waals surface area contributed by atoms with Gasteiger partial charge in [-0.05, 0) is 57.1 Å². The monoisotopic (exact) mass is 372 g/mol. The molecule has 4 rings (SSSR count). The SMILES string of the molecule is CC1(C)C[C@H](c2ccc3c(C4(C#N)CC4)c(C(=O)O)c(Cl)n3c2)CCO1. The molecule has 1 saturated heterocycles. The van der Waals surface area contributed by atoms with Gasteiger partial charge in [0, 0.05) is 18.4 Å². The Labute approximate surface area is 157 Å². The third-order valence-electron chi connectivity index (χ3n) is 5.72. The normalized spacial score (nSPS) is 23.5. The van der Waals surface area contributed by atoms with Gasteiger partial charge in [0.25, 0.3) is 0 Å². The predicted octanol–water partition coefficient (Wildman–Crippen LogP) is 4.52. The Balaban J connectivity index is 1.86. The van der Waals surface area contributed by atoms with Crippen LogP contribution in [0.4, 0.5) is 0 Å². The van der Waals surface area contributed by atoms with Gasteiger partial charge in [0.1, 0.15) is 10.7 Å². The molecule has 0 aromatic carbocycles. The molecule has 0 radical (unpaired) electrons. The minimum Gasteiger partial charge on any atom is -0.478 e. The highest BCUT2D eigenvalue weighted by molar-refractivity contribution is 6.33. The Kier molecular flexibility index (Phi) is 3.83. The maximum atomic E-state index is 11.9. The molecule has 0 bridgehead atoms. The Morgan fingerprint density at radius 3 is 2.73 bits per heavy atom. The molecule has 6 heteroatoms. The summed E-state index contributed by atoms with van der Waals surface area (Å²) < 4.78 is 7.55. The number of rotatable bonds is 3. The van der Waals surface area contributed by atoms with Gasteiger partial charge in [-0.1, -0.05) is 17.7 Å². The lowest BCUT2D eigenvalue weighted by Crippen LogP contribution is -2.33. The van der Waals surface area contributed by atoms with Crippen LogP contribution in [0.1, 0.15) is 66.9 Å². The Morgan fingerprint density at radius 2 is 2.15 bits per heavy atom. The molecule has 0 amide bonds. The van der Waals surface area contributed by atoms with Gasteiger partial charge in [0.05, 0.1) is 22.6 Å². The first kappa shape index (κ1) is 17.4. The van der Waals surface area contributed by atoms with Crippen LogP contribution in [0.5, 0.6) is 0 Å². The zero-order chi connectivity index (χ0) is 18.7. The van der Waals surface area contributed by atoms with E-state index in [1.54, 1.807) is 4.40 Å². The van der Waals surface area contributed by atoms with E-state index in [0.717, 1.165) is 23.9 Å². The summed E-state index contributed by atoms with van der Waals surface area (Å²) in [6.45, 7) is 4.88. The molecule has 1 atom stereocenters. The summed E-state index contributed by atoms with van der Waals surface area (Å²) in [6.07, 6.45) is 5.12. The molecule has 3 heterocycles. The van der Waals surface area contributed by atoms with Crippen LogP contribution >= 0.6 is 11.6 Å². The number of aromatic carboxylic acids is 1. The maximum Gasteiger partial charge on any atom is 0.339 e. The highest BCUT2D eigenvalue weighted by Crippen LogP contribution is 2.52. The zero-order valence-electron chi connectivity index (χ0n) is 14.9. The molecule has 1 aliphatic carbocycles. The van der Waals surface area contributed by atoms with Gasteiger partial charge < -0.3 is 14.2 Å². The summed E-state index contributed by atoms with van der Waals surface area (Å²) in [4.78, 5) is 11.9. The van der Waals surface area contributed by atoms with Crippen LogP contribution in [0.15, 0.2) is 18.3 Å². The topological polar surface area (TPSA) is 74.7 Å². The summed E-state index contributed by atoms with van der Waals surface area (Å²) in [5, 5.41) is 19.5. The first-order valence-electron chi connectivity index (χ1n) is 8.90. The number of hydrogen-bond acceptors (Lipinski definition) is 3. The number of nitrogens with zero attached hydrogens (tertiary/aromatic N) is 2. The van der Waals surface area contributed by atoms with E-state index in [0.29, 0.717) is 30.9 Å². The fourth-order valence-electron chi connectivity index (χ4n) is 4.22. The molecule has 136 valence electrons. The van der Waals surface area contributed by atoms with Gasteiger partial charge in [-0.25, -0.2) is 4.79 Å². The summed E-state index contributed by atoms with van der Waals surface area (Å²) in [5.74, 6) is -0.742. The van der Waals surface area contributed by atoms with Crippen molar-refractivity contribution in [2.75, 3.05) is 6.61 Å². The standard InChI is InChI=1S/C20H21ClN2O3/c1-19(2)9-12(5-8-26-19)13-3-4-14-16(20(11-22)6-7-20)15(18(24)25)17(21)23(14)10-13/h3-4,10,12H,5-9H2,1-2H3,(H,24,25)/t12-/m1/s1. The summed E-state index contributed by atoms with van der Waals surface area (Å²) in [7, 11) is 0. The van der Waals surface area contributed by atoms with Crippen LogP contribution in [-0.4, -0.2) is 27.7 Å². The molecule has 2 aliphatic rings. The molecular formula is C20H21ClN2O3. The Hall–Kier alpha value is -2.03. The number of hydrogen-bond donors (Lipinski definition) is 1. The average Bonchev–Trinajstić information content (AvgIpc) is 3.32. The van der Waals surface area contributed by atoms with Gasteiger partial charge >= 0.3 is 5.97 Å². The highest BCUT2D eigenvalue weighted by atomic mass is 35.5. The molecule has 26 heavy (non-hydrogen) atoms. The Morgan fingerprint density at radius 1 is 1.42 bits per heavy atom. The molecule has 2 aromatic rings. The summed E-state index contributed by atoms with van der Waals surface area (Å²) >= 11 is 6.46. The van der Waals surface area contributed by atoms with Crippen molar-refractivity contribution in [2.24, 2.45) is 0 Å². The largest absolute Gasteiger partial charge is 0.478 e. The zero-order valence-corrected chi connectivity index (χ0v) is 15.6. The molecular weight excluding hydrogens is 352 g/mol. The second kappa shape index (κ2) is 5.73. The number of aromatic nitrogens is 1. The first-order chi connectivity index (χ1) is 12.3. The molecule has 0 unspecified atom stereocenters. The fraction of sp³-hybridized carbons (Fsp3) is 0.500. The van der Waals surface area contributed by atoms with E-state index in [4.69, 9.17) is 16.3 Å². The van der Waals surface area contributed by atoms with Gasteiger partial charge in [-0.15, -0.1) is 0 Å². The van der Waals surface area contributed by atoms with Gasteiger partial charge in [-0.2, -0.15) is 5.26 Å². The van der Waals surface area contributed by atoms with Crippen LogP contribution < -0.4 is 0 Å². The molecule has 5 nitrogen and oxygen atoms in total. The van der Waals surface area contributed by atoms with E-state index in [1.807, 2.05) is 18.3 Å². The lowest BCUT2D eigenvalue weighted by atomic mass is 9.84. The van der Waals surface area contributed by atoms with Crippen molar-refractivity contribution in [2.45, 2.75) is 56.5 Å². The van der Waals surface area contributed by atoms with Crippen LogP contribution in [0.2, 0.25) is 5.15 Å². The minimum atomic E-state index is -1.08. The average molecular weight is 373 g/mol. The number of ether oxygens (including phenoxy) is 1. The van der Waals surface area contributed by atoms with E-state index < -0.39 is 11.4 Å². The second-order valence-electron chi connectivity index (χ2n) is 8.06. The third kappa shape index (κ3) is 2.60. The van der Waals surface area contributed by atoms with Crippen molar-refractivity contribution in [1.82, 2.24) is 4.40 Å². The van der Waals surface area contributed by atoms with Crippen molar-refractivity contribution in [3.05, 3.63) is 40.2 Å². The van der Waals surface area contributed by atoms with Crippen molar-refractivity contribution < 1.29 is 14.6 Å². The number of halogens is 1. The summed E-state index contributed by atoms with van der Waals surface area (Å²) in [5.41, 5.74) is 1.59. The van der Waals surface area contributed by atoms with E-state index in [9.17, 15) is 15.2 Å². The predicted molar refractivity (Wildman–Crippen MR) is 97.9 cm³/mol. The van der Waals surface area contributed by atoms with E-state index in [1.165, 1.54) is 0 Å².